The number of furan rings is 1. The van der Waals surface area contributed by atoms with E-state index in [0.29, 0.717) is 17.5 Å². The fourth-order valence-electron chi connectivity index (χ4n) is 6.33. The lowest BCUT2D eigenvalue weighted by atomic mass is 9.90. The highest BCUT2D eigenvalue weighted by Crippen LogP contribution is 2.38. The predicted molar refractivity (Wildman–Crippen MR) is 181 cm³/mol. The van der Waals surface area contributed by atoms with Crippen molar-refractivity contribution in [1.82, 2.24) is 15.0 Å². The zero-order valence-corrected chi connectivity index (χ0v) is 24.5. The SMILES string of the molecule is C1=c2sc3ccccc3c2=CC(c2ccc3oc4cccc(-c5nc(-c6ccccc6)nc(-c6ccccc6)n5)c4c3c2)C1. The van der Waals surface area contributed by atoms with Gasteiger partial charge in [-0.25, -0.2) is 15.0 Å². The van der Waals surface area contributed by atoms with Crippen LogP contribution in [0.5, 0.6) is 0 Å². The Kier molecular flexibility index (Phi) is 5.78. The molecule has 5 aromatic carbocycles. The fraction of sp³-hybridized carbons (Fsp3) is 0.0513. The van der Waals surface area contributed by atoms with Gasteiger partial charge in [-0.2, -0.15) is 0 Å². The van der Waals surface area contributed by atoms with Crippen LogP contribution in [0.4, 0.5) is 0 Å². The standard InChI is InChI=1S/C39H25N3OS/c1-3-10-24(11-4-1)37-40-38(25-12-5-2-6-13-25)42-39(41-37)29-15-9-16-33-36(29)31-23-26(18-20-32(31)43-33)27-19-21-35-30(22-27)28-14-7-8-17-34(28)44-35/h1-18,20-23,27H,19H2. The number of fused-ring (bicyclic) bond motifs is 6. The molecule has 0 bridgehead atoms. The van der Waals surface area contributed by atoms with E-state index in [-0.39, 0.29) is 5.92 Å². The maximum Gasteiger partial charge on any atom is 0.164 e. The molecule has 1 aliphatic rings. The average molecular weight is 584 g/mol. The van der Waals surface area contributed by atoms with Crippen LogP contribution in [-0.2, 0) is 0 Å². The van der Waals surface area contributed by atoms with E-state index in [1.54, 1.807) is 0 Å². The van der Waals surface area contributed by atoms with Gasteiger partial charge in [-0.3, -0.25) is 0 Å². The minimum Gasteiger partial charge on any atom is -0.456 e. The summed E-state index contributed by atoms with van der Waals surface area (Å²) in [5.41, 5.74) is 5.79. The fourth-order valence-corrected chi connectivity index (χ4v) is 7.47. The van der Waals surface area contributed by atoms with E-state index in [1.807, 2.05) is 84.1 Å². The molecule has 3 heterocycles. The van der Waals surface area contributed by atoms with Gasteiger partial charge >= 0.3 is 0 Å². The summed E-state index contributed by atoms with van der Waals surface area (Å²) in [6.07, 6.45) is 5.82. The number of nitrogens with zero attached hydrogens (tertiary/aromatic N) is 3. The molecular formula is C39H25N3OS. The van der Waals surface area contributed by atoms with E-state index < -0.39 is 0 Å². The van der Waals surface area contributed by atoms with Gasteiger partial charge in [-0.05, 0) is 46.9 Å². The maximum absolute atomic E-state index is 6.40. The molecule has 0 spiro atoms. The normalized spacial score (nSPS) is 14.4. The largest absolute Gasteiger partial charge is 0.456 e. The smallest absolute Gasteiger partial charge is 0.164 e. The van der Waals surface area contributed by atoms with E-state index in [2.05, 4.69) is 60.7 Å². The molecule has 1 atom stereocenters. The van der Waals surface area contributed by atoms with Crippen molar-refractivity contribution in [3.63, 3.8) is 0 Å². The summed E-state index contributed by atoms with van der Waals surface area (Å²) >= 11 is 1.88. The molecule has 0 N–H and O–H groups in total. The van der Waals surface area contributed by atoms with Gasteiger partial charge in [0.1, 0.15) is 11.2 Å². The van der Waals surface area contributed by atoms with Crippen LogP contribution in [0.1, 0.15) is 17.9 Å². The van der Waals surface area contributed by atoms with Crippen LogP contribution in [0, 0.1) is 0 Å². The van der Waals surface area contributed by atoms with E-state index in [4.69, 9.17) is 19.4 Å². The molecule has 8 aromatic rings. The summed E-state index contributed by atoms with van der Waals surface area (Å²) < 4.78 is 9.12. The zero-order valence-electron chi connectivity index (χ0n) is 23.6. The number of hydrogen-bond donors (Lipinski definition) is 0. The Morgan fingerprint density at radius 3 is 2.09 bits per heavy atom. The molecule has 0 saturated carbocycles. The van der Waals surface area contributed by atoms with Gasteiger partial charge in [0.2, 0.25) is 0 Å². The summed E-state index contributed by atoms with van der Waals surface area (Å²) in [7, 11) is 0. The van der Waals surface area contributed by atoms with E-state index in [9.17, 15) is 0 Å². The molecule has 5 heteroatoms. The first-order chi connectivity index (χ1) is 21.8. The van der Waals surface area contributed by atoms with Crippen LogP contribution in [0.2, 0.25) is 0 Å². The van der Waals surface area contributed by atoms with Gasteiger partial charge in [-0.1, -0.05) is 109 Å². The quantitative estimate of drug-likeness (QED) is 0.208. The van der Waals surface area contributed by atoms with Crippen molar-refractivity contribution in [2.75, 3.05) is 0 Å². The lowest BCUT2D eigenvalue weighted by Gasteiger charge is -2.14. The molecule has 0 saturated heterocycles. The molecule has 9 rings (SSSR count). The molecule has 0 radical (unpaired) electrons. The first-order valence-corrected chi connectivity index (χ1v) is 15.6. The number of aromatic nitrogens is 3. The first-order valence-electron chi connectivity index (χ1n) is 14.8. The molecule has 0 aliphatic heterocycles. The minimum atomic E-state index is 0.286. The van der Waals surface area contributed by atoms with Crippen molar-refractivity contribution in [3.8, 4) is 34.2 Å². The third-order valence-electron chi connectivity index (χ3n) is 8.48. The van der Waals surface area contributed by atoms with E-state index in [0.717, 1.165) is 45.0 Å². The van der Waals surface area contributed by atoms with Gasteiger partial charge in [-0.15, -0.1) is 11.3 Å². The van der Waals surface area contributed by atoms with Crippen LogP contribution in [0.15, 0.2) is 126 Å². The Morgan fingerprint density at radius 1 is 0.614 bits per heavy atom. The van der Waals surface area contributed by atoms with Crippen molar-refractivity contribution in [1.29, 1.82) is 0 Å². The van der Waals surface area contributed by atoms with Crippen molar-refractivity contribution < 1.29 is 4.42 Å². The molecular weight excluding hydrogens is 559 g/mol. The second-order valence-electron chi connectivity index (χ2n) is 11.2. The Balaban J connectivity index is 1.23. The first kappa shape index (κ1) is 25.1. The Morgan fingerprint density at radius 2 is 1.32 bits per heavy atom. The van der Waals surface area contributed by atoms with Gasteiger partial charge in [0.05, 0.1) is 0 Å². The maximum atomic E-state index is 6.40. The molecule has 4 nitrogen and oxygen atoms in total. The van der Waals surface area contributed by atoms with Gasteiger partial charge in [0.25, 0.3) is 0 Å². The Labute approximate surface area is 257 Å². The van der Waals surface area contributed by atoms with Crippen LogP contribution in [0.25, 0.3) is 78.3 Å². The average Bonchev–Trinajstić information content (AvgIpc) is 3.66. The summed E-state index contributed by atoms with van der Waals surface area (Å²) in [4.78, 5) is 14.9. The number of rotatable bonds is 4. The van der Waals surface area contributed by atoms with Gasteiger partial charge < -0.3 is 4.42 Å². The van der Waals surface area contributed by atoms with Gasteiger partial charge in [0, 0.05) is 42.6 Å². The second kappa shape index (κ2) is 10.1. The third-order valence-corrected chi connectivity index (χ3v) is 9.66. The molecule has 1 unspecified atom stereocenters. The predicted octanol–water partition coefficient (Wildman–Crippen LogP) is 8.74. The van der Waals surface area contributed by atoms with Crippen LogP contribution in [-0.4, -0.2) is 15.0 Å². The molecule has 44 heavy (non-hydrogen) atoms. The van der Waals surface area contributed by atoms with Crippen LogP contribution < -0.4 is 9.75 Å². The van der Waals surface area contributed by atoms with Crippen LogP contribution >= 0.6 is 11.3 Å². The third kappa shape index (κ3) is 4.16. The summed E-state index contributed by atoms with van der Waals surface area (Å²) in [6.45, 7) is 0. The number of thiophene rings is 1. The highest BCUT2D eigenvalue weighted by molar-refractivity contribution is 7.17. The van der Waals surface area contributed by atoms with E-state index >= 15 is 0 Å². The van der Waals surface area contributed by atoms with Gasteiger partial charge in [0.15, 0.2) is 17.5 Å². The number of benzene rings is 5. The molecule has 0 amide bonds. The Hall–Kier alpha value is -5.39. The topological polar surface area (TPSA) is 51.8 Å². The summed E-state index contributed by atoms with van der Waals surface area (Å²) in [5.74, 6) is 2.20. The van der Waals surface area contributed by atoms with E-state index in [1.165, 1.54) is 25.4 Å². The van der Waals surface area contributed by atoms with Crippen molar-refractivity contribution in [3.05, 3.63) is 137 Å². The van der Waals surface area contributed by atoms with Crippen molar-refractivity contribution >= 4 is 55.5 Å². The van der Waals surface area contributed by atoms with Crippen molar-refractivity contribution in [2.24, 2.45) is 0 Å². The van der Waals surface area contributed by atoms with Crippen LogP contribution in [0.3, 0.4) is 0 Å². The molecule has 0 fully saturated rings. The highest BCUT2D eigenvalue weighted by atomic mass is 32.1. The summed E-state index contributed by atoms with van der Waals surface area (Å²) in [5, 5.41) is 4.79. The molecule has 1 aliphatic carbocycles. The molecule has 3 aromatic heterocycles. The number of hydrogen-bond acceptors (Lipinski definition) is 5. The highest BCUT2D eigenvalue weighted by Gasteiger charge is 2.20. The zero-order chi connectivity index (χ0) is 29.0. The summed E-state index contributed by atoms with van der Waals surface area (Å²) in [6, 6.07) is 41.6. The monoisotopic (exact) mass is 583 g/mol. The molecule has 208 valence electrons. The lowest BCUT2D eigenvalue weighted by molar-refractivity contribution is 0.668. The minimum absolute atomic E-state index is 0.286. The lowest BCUT2D eigenvalue weighted by Crippen LogP contribution is -2.23. The Bertz CT molecular complexity index is 2420. The second-order valence-corrected chi connectivity index (χ2v) is 12.2. The van der Waals surface area contributed by atoms with Crippen molar-refractivity contribution in [2.45, 2.75) is 12.3 Å².